The molecule has 0 bridgehead atoms. The molecule has 2 rings (SSSR count). The van der Waals surface area contributed by atoms with Crippen LogP contribution >= 0.6 is 0 Å². The Labute approximate surface area is 111 Å². The van der Waals surface area contributed by atoms with Crippen LogP contribution in [0.2, 0.25) is 0 Å². The molecule has 1 aliphatic rings. The Morgan fingerprint density at radius 3 is 2.63 bits per heavy atom. The summed E-state index contributed by atoms with van der Waals surface area (Å²) in [4.78, 5) is 18.1. The molecule has 0 saturated carbocycles. The second kappa shape index (κ2) is 5.35. The van der Waals surface area contributed by atoms with Gasteiger partial charge in [0.15, 0.2) is 0 Å². The Morgan fingerprint density at radius 2 is 2.05 bits per heavy atom. The molecule has 1 aromatic heterocycles. The van der Waals surface area contributed by atoms with E-state index in [0.29, 0.717) is 12.1 Å². The number of hydrogen-bond acceptors (Lipinski definition) is 7. The summed E-state index contributed by atoms with van der Waals surface area (Å²) in [5, 5.41) is 13.0. The summed E-state index contributed by atoms with van der Waals surface area (Å²) in [5.41, 5.74) is 8.31. The molecule has 1 aliphatic heterocycles. The summed E-state index contributed by atoms with van der Waals surface area (Å²) in [7, 11) is 0. The summed E-state index contributed by atoms with van der Waals surface area (Å²) >= 11 is 0. The van der Waals surface area contributed by atoms with Crippen LogP contribution in [-0.2, 0) is 0 Å². The number of nitrogens with zero attached hydrogens (tertiary/aromatic N) is 4. The van der Waals surface area contributed by atoms with Crippen molar-refractivity contribution in [2.24, 2.45) is 0 Å². The molecule has 0 aliphatic carbocycles. The molecule has 3 N–H and O–H groups in total. The lowest BCUT2D eigenvalue weighted by molar-refractivity contribution is -0.383. The number of nitrogens with one attached hydrogen (secondary N) is 1. The molecule has 104 valence electrons. The van der Waals surface area contributed by atoms with Gasteiger partial charge in [0.1, 0.15) is 6.33 Å². The number of anilines is 2. The number of nitrogens with two attached hydrogens (primary N) is 1. The highest BCUT2D eigenvalue weighted by atomic mass is 16.6. The van der Waals surface area contributed by atoms with E-state index in [0.717, 1.165) is 19.3 Å². The van der Waals surface area contributed by atoms with Crippen LogP contribution < -0.4 is 11.2 Å². The fraction of sp³-hybridized carbons (Fsp3) is 0.636. The van der Waals surface area contributed by atoms with E-state index in [9.17, 15) is 10.1 Å². The Kier molecular flexibility index (Phi) is 3.79. The average Bonchev–Trinajstić information content (AvgIpc) is 2.33. The van der Waals surface area contributed by atoms with Crippen molar-refractivity contribution in [2.45, 2.75) is 45.2 Å². The summed E-state index contributed by atoms with van der Waals surface area (Å²) in [6, 6.07) is 0.582. The fourth-order valence-electron chi connectivity index (χ4n) is 2.42. The van der Waals surface area contributed by atoms with E-state index in [1.807, 2.05) is 5.01 Å². The number of aromatic nitrogens is 2. The maximum atomic E-state index is 11.0. The van der Waals surface area contributed by atoms with Crippen LogP contribution in [-0.4, -0.2) is 32.0 Å². The van der Waals surface area contributed by atoms with E-state index >= 15 is 0 Å². The second-order valence-electron chi connectivity index (χ2n) is 4.86. The highest BCUT2D eigenvalue weighted by molar-refractivity contribution is 5.66. The highest BCUT2D eigenvalue weighted by Crippen LogP contribution is 2.29. The highest BCUT2D eigenvalue weighted by Gasteiger charge is 2.28. The minimum absolute atomic E-state index is 0.125. The Hall–Kier alpha value is -1.96. The van der Waals surface area contributed by atoms with Crippen molar-refractivity contribution < 1.29 is 4.92 Å². The third kappa shape index (κ3) is 2.73. The van der Waals surface area contributed by atoms with E-state index in [1.54, 1.807) is 0 Å². The fourth-order valence-corrected chi connectivity index (χ4v) is 2.42. The first-order chi connectivity index (χ1) is 9.00. The summed E-state index contributed by atoms with van der Waals surface area (Å²) < 4.78 is 0. The molecule has 1 aromatic rings. The lowest BCUT2D eigenvalue weighted by Gasteiger charge is -2.38. The number of hydrogen-bond donors (Lipinski definition) is 2. The zero-order valence-corrected chi connectivity index (χ0v) is 11.0. The van der Waals surface area contributed by atoms with Gasteiger partial charge < -0.3 is 5.73 Å². The van der Waals surface area contributed by atoms with Crippen molar-refractivity contribution in [3.8, 4) is 0 Å². The van der Waals surface area contributed by atoms with E-state index in [4.69, 9.17) is 5.73 Å². The van der Waals surface area contributed by atoms with Gasteiger partial charge in [-0.25, -0.2) is 15.0 Å². The van der Waals surface area contributed by atoms with Gasteiger partial charge in [0, 0.05) is 12.1 Å². The van der Waals surface area contributed by atoms with E-state index in [2.05, 4.69) is 29.2 Å². The maximum Gasteiger partial charge on any atom is 0.354 e. The van der Waals surface area contributed by atoms with Crippen LogP contribution in [0.5, 0.6) is 0 Å². The van der Waals surface area contributed by atoms with Gasteiger partial charge in [-0.3, -0.25) is 15.5 Å². The van der Waals surface area contributed by atoms with Crippen LogP contribution in [0.1, 0.15) is 33.1 Å². The number of piperidine rings is 1. The van der Waals surface area contributed by atoms with Gasteiger partial charge in [-0.15, -0.1) is 0 Å². The molecular formula is C11H18N6O2. The van der Waals surface area contributed by atoms with Gasteiger partial charge in [-0.05, 0) is 26.7 Å². The van der Waals surface area contributed by atoms with E-state index < -0.39 is 4.92 Å². The number of nitrogen functional groups attached to an aromatic ring is 1. The molecule has 8 nitrogen and oxygen atoms in total. The number of rotatable bonds is 3. The molecule has 2 unspecified atom stereocenters. The number of hydrazine groups is 1. The topological polar surface area (TPSA) is 110 Å². The largest absolute Gasteiger partial charge is 0.378 e. The van der Waals surface area contributed by atoms with Crippen LogP contribution in [0.15, 0.2) is 6.33 Å². The molecule has 1 fully saturated rings. The smallest absolute Gasteiger partial charge is 0.354 e. The minimum atomic E-state index is -0.559. The molecular weight excluding hydrogens is 248 g/mol. The first-order valence-corrected chi connectivity index (χ1v) is 6.30. The third-order valence-corrected chi connectivity index (χ3v) is 3.46. The Morgan fingerprint density at radius 1 is 1.42 bits per heavy atom. The van der Waals surface area contributed by atoms with E-state index in [-0.39, 0.29) is 17.3 Å². The molecule has 19 heavy (non-hydrogen) atoms. The predicted molar refractivity (Wildman–Crippen MR) is 71.3 cm³/mol. The van der Waals surface area contributed by atoms with Gasteiger partial charge in [0.05, 0.1) is 4.92 Å². The van der Waals surface area contributed by atoms with Gasteiger partial charge in [-0.1, -0.05) is 6.42 Å². The van der Waals surface area contributed by atoms with Crippen molar-refractivity contribution in [3.05, 3.63) is 16.4 Å². The number of nitro groups is 1. The van der Waals surface area contributed by atoms with Crippen molar-refractivity contribution in [3.63, 3.8) is 0 Å². The zero-order chi connectivity index (χ0) is 14.0. The van der Waals surface area contributed by atoms with Gasteiger partial charge in [0.25, 0.3) is 0 Å². The molecule has 8 heteroatoms. The Bertz CT molecular complexity index is 470. The van der Waals surface area contributed by atoms with Crippen molar-refractivity contribution >= 4 is 17.3 Å². The van der Waals surface area contributed by atoms with Gasteiger partial charge in [-0.2, -0.15) is 0 Å². The molecule has 2 heterocycles. The molecule has 0 spiro atoms. The first kappa shape index (κ1) is 13.5. The quantitative estimate of drug-likeness (QED) is 0.630. The van der Waals surface area contributed by atoms with Crippen molar-refractivity contribution in [1.29, 1.82) is 0 Å². The predicted octanol–water partition coefficient (Wildman–Crippen LogP) is 1.56. The monoisotopic (exact) mass is 266 g/mol. The summed E-state index contributed by atoms with van der Waals surface area (Å²) in [6.45, 7) is 4.16. The maximum absolute atomic E-state index is 11.0. The average molecular weight is 266 g/mol. The molecule has 2 atom stereocenters. The first-order valence-electron chi connectivity index (χ1n) is 6.30. The standard InChI is InChI=1S/C11H18N6O2/c1-7-4-3-5-8(2)16(7)15-11-9(17(18)19)10(12)13-6-14-11/h6-8H,3-5H2,1-2H3,(H3,12,13,14,15). The zero-order valence-electron chi connectivity index (χ0n) is 11.0. The van der Waals surface area contributed by atoms with Crippen LogP contribution in [0.3, 0.4) is 0 Å². The Balaban J connectivity index is 2.27. The second-order valence-corrected chi connectivity index (χ2v) is 4.86. The SMILES string of the molecule is CC1CCCC(C)N1Nc1ncnc(N)c1[N+](=O)[O-]. The van der Waals surface area contributed by atoms with Crippen molar-refractivity contribution in [1.82, 2.24) is 15.0 Å². The van der Waals surface area contributed by atoms with E-state index in [1.165, 1.54) is 6.33 Å². The molecule has 0 amide bonds. The van der Waals surface area contributed by atoms with Crippen LogP contribution in [0.4, 0.5) is 17.3 Å². The van der Waals surface area contributed by atoms with Gasteiger partial charge >= 0.3 is 5.69 Å². The normalized spacial score (nSPS) is 24.1. The van der Waals surface area contributed by atoms with Gasteiger partial charge in [0.2, 0.25) is 11.6 Å². The van der Waals surface area contributed by atoms with Crippen LogP contribution in [0, 0.1) is 10.1 Å². The molecule has 1 saturated heterocycles. The lowest BCUT2D eigenvalue weighted by atomic mass is 10.00. The lowest BCUT2D eigenvalue weighted by Crippen LogP contribution is -2.47. The van der Waals surface area contributed by atoms with Crippen molar-refractivity contribution in [2.75, 3.05) is 11.2 Å². The summed E-state index contributed by atoms with van der Waals surface area (Å²) in [6.07, 6.45) is 4.48. The minimum Gasteiger partial charge on any atom is -0.378 e. The molecule has 0 aromatic carbocycles. The molecule has 0 radical (unpaired) electrons. The summed E-state index contributed by atoms with van der Waals surface area (Å²) in [5.74, 6) is 0.0258. The van der Waals surface area contributed by atoms with Crippen LogP contribution in [0.25, 0.3) is 0 Å². The third-order valence-electron chi connectivity index (χ3n) is 3.46.